The van der Waals surface area contributed by atoms with Crippen molar-refractivity contribution in [3.63, 3.8) is 0 Å². The highest BCUT2D eigenvalue weighted by Gasteiger charge is 2.43. The van der Waals surface area contributed by atoms with Gasteiger partial charge >= 0.3 is 11.9 Å². The molecule has 144 valence electrons. The molecule has 0 fully saturated rings. The van der Waals surface area contributed by atoms with Crippen molar-refractivity contribution >= 4 is 37.2 Å². The van der Waals surface area contributed by atoms with Gasteiger partial charge in [0.25, 0.3) is 0 Å². The van der Waals surface area contributed by atoms with Crippen molar-refractivity contribution in [2.75, 3.05) is 0 Å². The molecular weight excluding hydrogens is 380 g/mol. The molecule has 0 amide bonds. The number of ether oxygens (including phenoxy) is 2. The van der Waals surface area contributed by atoms with Crippen LogP contribution in [0, 0.1) is 0 Å². The van der Waals surface area contributed by atoms with Crippen molar-refractivity contribution in [2.45, 2.75) is 43.0 Å². The molecule has 2 rings (SSSR count). The Morgan fingerprint density at radius 2 is 1.11 bits per heavy atom. The van der Waals surface area contributed by atoms with Gasteiger partial charge in [-0.1, -0.05) is 50.2 Å². The fourth-order valence-corrected chi connectivity index (χ4v) is 3.63. The quantitative estimate of drug-likeness (QED) is 0.376. The van der Waals surface area contributed by atoms with Crippen LogP contribution in [0.5, 0.6) is 0 Å². The third kappa shape index (κ3) is 5.53. The Kier molecular flexibility index (Phi) is 7.80. The number of esters is 2. The summed E-state index contributed by atoms with van der Waals surface area (Å²) in [6.45, 7) is 3.74. The van der Waals surface area contributed by atoms with E-state index in [4.69, 9.17) is 9.47 Å². The van der Waals surface area contributed by atoms with Crippen LogP contribution in [0.25, 0.3) is 0 Å². The van der Waals surface area contributed by atoms with E-state index in [2.05, 4.69) is 25.3 Å². The van der Waals surface area contributed by atoms with Crippen LogP contribution in [0.2, 0.25) is 0 Å². The van der Waals surface area contributed by atoms with Crippen LogP contribution in [-0.2, 0) is 9.47 Å². The zero-order valence-electron chi connectivity index (χ0n) is 15.4. The molecular formula is C21H24O4S2. The van der Waals surface area contributed by atoms with Gasteiger partial charge in [-0.25, -0.2) is 9.59 Å². The van der Waals surface area contributed by atoms with Gasteiger partial charge in [0, 0.05) is 0 Å². The predicted octanol–water partition coefficient (Wildman–Crippen LogP) is 4.81. The third-order valence-electron chi connectivity index (χ3n) is 4.21. The lowest BCUT2D eigenvalue weighted by Crippen LogP contribution is -2.47. The van der Waals surface area contributed by atoms with E-state index in [0.717, 1.165) is 0 Å². The summed E-state index contributed by atoms with van der Waals surface area (Å²) in [6.07, 6.45) is -0.341. The maximum Gasteiger partial charge on any atom is 0.338 e. The van der Waals surface area contributed by atoms with E-state index in [9.17, 15) is 9.59 Å². The predicted molar refractivity (Wildman–Crippen MR) is 113 cm³/mol. The zero-order valence-corrected chi connectivity index (χ0v) is 17.2. The van der Waals surface area contributed by atoms with Crippen LogP contribution >= 0.6 is 25.3 Å². The van der Waals surface area contributed by atoms with E-state index in [1.165, 1.54) is 0 Å². The van der Waals surface area contributed by atoms with Gasteiger partial charge in [-0.15, -0.1) is 0 Å². The van der Waals surface area contributed by atoms with Crippen molar-refractivity contribution in [2.24, 2.45) is 0 Å². The van der Waals surface area contributed by atoms with E-state index >= 15 is 0 Å². The highest BCUT2D eigenvalue weighted by atomic mass is 32.2. The van der Waals surface area contributed by atoms with Gasteiger partial charge in [0.05, 0.1) is 11.1 Å². The topological polar surface area (TPSA) is 52.6 Å². The average Bonchev–Trinajstić information content (AvgIpc) is 2.70. The molecule has 0 heterocycles. The lowest BCUT2D eigenvalue weighted by Gasteiger charge is -2.37. The van der Waals surface area contributed by atoms with Crippen LogP contribution in [-0.4, -0.2) is 28.2 Å². The number of hydrogen-bond acceptors (Lipinski definition) is 6. The van der Waals surface area contributed by atoms with Crippen molar-refractivity contribution in [3.8, 4) is 0 Å². The highest BCUT2D eigenvalue weighted by molar-refractivity contribution is 8.00. The summed E-state index contributed by atoms with van der Waals surface area (Å²) >= 11 is 9.24. The fraction of sp³-hybridized carbons (Fsp3) is 0.333. The van der Waals surface area contributed by atoms with Gasteiger partial charge in [-0.3, -0.25) is 0 Å². The Morgan fingerprint density at radius 3 is 1.41 bits per heavy atom. The summed E-state index contributed by atoms with van der Waals surface area (Å²) in [5.74, 6) is -0.918. The summed E-state index contributed by atoms with van der Waals surface area (Å²) in [4.78, 5) is 24.8. The zero-order chi connectivity index (χ0) is 19.9. The summed E-state index contributed by atoms with van der Waals surface area (Å²) in [7, 11) is 0. The molecule has 4 nitrogen and oxygen atoms in total. The van der Waals surface area contributed by atoms with Gasteiger partial charge < -0.3 is 9.47 Å². The molecule has 2 atom stereocenters. The second kappa shape index (κ2) is 9.85. The van der Waals surface area contributed by atoms with Gasteiger partial charge in [0.1, 0.15) is 16.3 Å². The molecule has 0 bridgehead atoms. The van der Waals surface area contributed by atoms with E-state index in [0.29, 0.717) is 24.0 Å². The molecule has 0 saturated carbocycles. The highest BCUT2D eigenvalue weighted by Crippen LogP contribution is 2.36. The standard InChI is InChI=1S/C21H24O4S2/c1-3-17(24-19(22)15-11-7-5-8-12-15)21(26,27)18(4-2)25-20(23)16-13-9-6-10-14-16/h5-14,17-18,26-27H,3-4H2,1-2H3. The number of thiol groups is 2. The molecule has 0 aromatic heterocycles. The monoisotopic (exact) mass is 404 g/mol. The van der Waals surface area contributed by atoms with Crippen molar-refractivity contribution in [3.05, 3.63) is 71.8 Å². The summed E-state index contributed by atoms with van der Waals surface area (Å²) in [6, 6.07) is 17.4. The Morgan fingerprint density at radius 1 is 0.778 bits per heavy atom. The van der Waals surface area contributed by atoms with Gasteiger partial charge in [0.2, 0.25) is 0 Å². The Bertz CT molecular complexity index is 684. The molecule has 6 heteroatoms. The minimum atomic E-state index is -1.14. The summed E-state index contributed by atoms with van der Waals surface area (Å²) in [5.41, 5.74) is 0.894. The number of hydrogen-bond donors (Lipinski definition) is 2. The first-order valence-electron chi connectivity index (χ1n) is 8.86. The molecule has 2 aromatic rings. The second-order valence-electron chi connectivity index (χ2n) is 6.12. The molecule has 0 radical (unpaired) electrons. The van der Waals surface area contributed by atoms with Gasteiger partial charge in [0.15, 0.2) is 0 Å². The van der Waals surface area contributed by atoms with Crippen molar-refractivity contribution < 1.29 is 19.1 Å². The van der Waals surface area contributed by atoms with Crippen LogP contribution in [0.1, 0.15) is 47.4 Å². The van der Waals surface area contributed by atoms with Gasteiger partial charge in [-0.2, -0.15) is 25.3 Å². The lowest BCUT2D eigenvalue weighted by atomic mass is 10.0. The lowest BCUT2D eigenvalue weighted by molar-refractivity contribution is -0.00351. The summed E-state index contributed by atoms with van der Waals surface area (Å²) < 4.78 is 10.1. The molecule has 0 aliphatic carbocycles. The molecule has 2 unspecified atom stereocenters. The maximum absolute atomic E-state index is 12.4. The Balaban J connectivity index is 2.13. The van der Waals surface area contributed by atoms with Crippen molar-refractivity contribution in [1.82, 2.24) is 0 Å². The average molecular weight is 405 g/mol. The van der Waals surface area contributed by atoms with Crippen molar-refractivity contribution in [1.29, 1.82) is 0 Å². The third-order valence-corrected chi connectivity index (χ3v) is 5.36. The minimum Gasteiger partial charge on any atom is -0.456 e. The molecule has 0 aliphatic rings. The number of benzene rings is 2. The second-order valence-corrected chi connectivity index (χ2v) is 7.95. The Hall–Kier alpha value is -1.92. The molecule has 0 aliphatic heterocycles. The first-order valence-corrected chi connectivity index (χ1v) is 9.76. The van der Waals surface area contributed by atoms with Crippen LogP contribution in [0.4, 0.5) is 0 Å². The van der Waals surface area contributed by atoms with Crippen LogP contribution in [0.15, 0.2) is 60.7 Å². The molecule has 2 aromatic carbocycles. The number of carbonyl (C=O) groups excluding carboxylic acids is 2. The first kappa shape index (κ1) is 21.4. The van der Waals surface area contributed by atoms with E-state index in [1.807, 2.05) is 26.0 Å². The first-order chi connectivity index (χ1) is 12.9. The largest absolute Gasteiger partial charge is 0.456 e. The minimum absolute atomic E-state index is 0.447. The normalized spacial score (nSPS) is 13.5. The summed E-state index contributed by atoms with van der Waals surface area (Å²) in [5, 5.41) is 0. The smallest absolute Gasteiger partial charge is 0.338 e. The van der Waals surface area contributed by atoms with Crippen LogP contribution < -0.4 is 0 Å². The molecule has 0 N–H and O–H groups in total. The SMILES string of the molecule is CCC(OC(=O)c1ccccc1)C(S)(S)C(CC)OC(=O)c1ccccc1. The van der Waals surface area contributed by atoms with E-state index < -0.39 is 28.2 Å². The molecule has 0 spiro atoms. The fourth-order valence-electron chi connectivity index (χ4n) is 2.69. The van der Waals surface area contributed by atoms with E-state index in [1.54, 1.807) is 48.5 Å². The molecule has 0 saturated heterocycles. The van der Waals surface area contributed by atoms with Gasteiger partial charge in [-0.05, 0) is 37.1 Å². The Labute approximate surface area is 171 Å². The van der Waals surface area contributed by atoms with E-state index in [-0.39, 0.29) is 0 Å². The van der Waals surface area contributed by atoms with Crippen LogP contribution in [0.3, 0.4) is 0 Å². The maximum atomic E-state index is 12.4. The number of carbonyl (C=O) groups is 2. The molecule has 27 heavy (non-hydrogen) atoms. The number of rotatable bonds is 8.